The summed E-state index contributed by atoms with van der Waals surface area (Å²) in [6, 6.07) is 13.2. The first-order valence-corrected chi connectivity index (χ1v) is 7.31. The molecule has 0 unspecified atom stereocenters. The molecule has 0 aliphatic heterocycles. The van der Waals surface area contributed by atoms with Gasteiger partial charge in [0.05, 0.1) is 0 Å². The van der Waals surface area contributed by atoms with Crippen LogP contribution in [0, 0.1) is 0 Å². The number of halogens is 3. The molecule has 112 valence electrons. The Morgan fingerprint density at radius 3 is 2.43 bits per heavy atom. The van der Waals surface area contributed by atoms with Crippen LogP contribution in [0.5, 0.6) is 11.5 Å². The van der Waals surface area contributed by atoms with E-state index in [9.17, 15) is 13.2 Å². The summed E-state index contributed by atoms with van der Waals surface area (Å²) in [4.78, 5) is 1.07. The van der Waals surface area contributed by atoms with Crippen LogP contribution in [0.15, 0.2) is 53.4 Å². The zero-order valence-corrected chi connectivity index (χ0v) is 12.0. The van der Waals surface area contributed by atoms with Gasteiger partial charge >= 0.3 is 6.36 Å². The first-order chi connectivity index (χ1) is 9.98. The van der Waals surface area contributed by atoms with Gasteiger partial charge in [-0.05, 0) is 24.5 Å². The van der Waals surface area contributed by atoms with E-state index in [0.717, 1.165) is 10.5 Å². The summed E-state index contributed by atoms with van der Waals surface area (Å²) >= 11 is 1.59. The van der Waals surface area contributed by atoms with Crippen LogP contribution in [0.25, 0.3) is 0 Å². The lowest BCUT2D eigenvalue weighted by molar-refractivity contribution is -0.274. The highest BCUT2D eigenvalue weighted by Crippen LogP contribution is 2.27. The van der Waals surface area contributed by atoms with Crippen LogP contribution >= 0.6 is 11.8 Å². The average Bonchev–Trinajstić information content (AvgIpc) is 2.44. The maximum Gasteiger partial charge on any atom is 0.573 e. The van der Waals surface area contributed by atoms with Crippen molar-refractivity contribution in [2.24, 2.45) is 0 Å². The topological polar surface area (TPSA) is 18.5 Å². The van der Waals surface area contributed by atoms with Crippen LogP contribution < -0.4 is 9.47 Å². The van der Waals surface area contributed by atoms with Crippen LogP contribution in [-0.4, -0.2) is 12.6 Å². The second-order valence-corrected chi connectivity index (χ2v) is 4.97. The van der Waals surface area contributed by atoms with E-state index in [2.05, 4.69) is 4.74 Å². The molecule has 21 heavy (non-hydrogen) atoms. The van der Waals surface area contributed by atoms with Crippen molar-refractivity contribution in [2.75, 3.05) is 6.26 Å². The minimum absolute atomic E-state index is 0.284. The Kier molecular flexibility index (Phi) is 5.01. The van der Waals surface area contributed by atoms with Gasteiger partial charge in [-0.25, -0.2) is 0 Å². The standard InChI is InChI=1S/C15H13F3O2S/c1-21-14-8-3-2-5-11(14)10-19-12-6-4-7-13(9-12)20-15(16,17)18/h2-9H,10H2,1H3. The summed E-state index contributed by atoms with van der Waals surface area (Å²) in [5.74, 6) is 0.0332. The van der Waals surface area contributed by atoms with Crippen molar-refractivity contribution >= 4 is 11.8 Å². The summed E-state index contributed by atoms with van der Waals surface area (Å²) in [6.45, 7) is 0.284. The number of rotatable bonds is 5. The molecule has 0 atom stereocenters. The Hall–Kier alpha value is -1.82. The summed E-state index contributed by atoms with van der Waals surface area (Å²) in [6.07, 6.45) is -2.75. The molecule has 0 bridgehead atoms. The molecule has 6 heteroatoms. The molecule has 0 N–H and O–H groups in total. The van der Waals surface area contributed by atoms with Crippen molar-refractivity contribution in [2.45, 2.75) is 17.9 Å². The van der Waals surface area contributed by atoms with E-state index < -0.39 is 6.36 Å². The highest BCUT2D eigenvalue weighted by Gasteiger charge is 2.31. The zero-order valence-electron chi connectivity index (χ0n) is 11.2. The fourth-order valence-corrected chi connectivity index (χ4v) is 2.35. The molecule has 2 aromatic rings. The third-order valence-electron chi connectivity index (χ3n) is 2.63. The molecule has 0 fully saturated rings. The first-order valence-electron chi connectivity index (χ1n) is 6.08. The first kappa shape index (κ1) is 15.6. The second kappa shape index (κ2) is 6.76. The van der Waals surface area contributed by atoms with Crippen LogP contribution in [0.3, 0.4) is 0 Å². The summed E-state index contributed by atoms with van der Waals surface area (Å²) in [5, 5.41) is 0. The van der Waals surface area contributed by atoms with Crippen molar-refractivity contribution in [3.8, 4) is 11.5 Å². The Bertz CT molecular complexity index is 599. The number of hydrogen-bond acceptors (Lipinski definition) is 3. The summed E-state index contributed by atoms with van der Waals surface area (Å²) in [5.41, 5.74) is 0.979. The molecule has 0 heterocycles. The van der Waals surface area contributed by atoms with Crippen molar-refractivity contribution in [1.29, 1.82) is 0 Å². The minimum Gasteiger partial charge on any atom is -0.489 e. The predicted octanol–water partition coefficient (Wildman–Crippen LogP) is 4.89. The van der Waals surface area contributed by atoms with Crippen molar-refractivity contribution in [1.82, 2.24) is 0 Å². The van der Waals surface area contributed by atoms with Crippen LogP contribution in [0.2, 0.25) is 0 Å². The van der Waals surface area contributed by atoms with E-state index in [4.69, 9.17) is 4.74 Å². The molecule has 0 saturated carbocycles. The van der Waals surface area contributed by atoms with Gasteiger partial charge in [0.1, 0.15) is 18.1 Å². The van der Waals surface area contributed by atoms with Gasteiger partial charge in [-0.2, -0.15) is 0 Å². The molecule has 0 spiro atoms. The Balaban J connectivity index is 2.05. The molecule has 2 rings (SSSR count). The molecule has 0 aliphatic carbocycles. The number of benzene rings is 2. The van der Waals surface area contributed by atoms with Gasteiger partial charge in [0.15, 0.2) is 0 Å². The Morgan fingerprint density at radius 2 is 1.71 bits per heavy atom. The Labute approximate surface area is 124 Å². The molecule has 2 aromatic carbocycles. The predicted molar refractivity (Wildman–Crippen MR) is 75.7 cm³/mol. The van der Waals surface area contributed by atoms with E-state index in [-0.39, 0.29) is 12.4 Å². The van der Waals surface area contributed by atoms with E-state index in [0.29, 0.717) is 5.75 Å². The lowest BCUT2D eigenvalue weighted by atomic mass is 10.2. The van der Waals surface area contributed by atoms with E-state index >= 15 is 0 Å². The molecule has 0 amide bonds. The second-order valence-electron chi connectivity index (χ2n) is 4.12. The molecular weight excluding hydrogens is 301 g/mol. The molecule has 2 nitrogen and oxygen atoms in total. The maximum atomic E-state index is 12.2. The van der Waals surface area contributed by atoms with Gasteiger partial charge in [0.25, 0.3) is 0 Å². The van der Waals surface area contributed by atoms with Crippen molar-refractivity contribution in [3.05, 3.63) is 54.1 Å². The largest absolute Gasteiger partial charge is 0.573 e. The molecule has 0 aliphatic rings. The number of hydrogen-bond donors (Lipinski definition) is 0. The van der Waals surface area contributed by atoms with Crippen molar-refractivity contribution in [3.63, 3.8) is 0 Å². The lowest BCUT2D eigenvalue weighted by Gasteiger charge is -2.12. The SMILES string of the molecule is CSc1ccccc1COc1cccc(OC(F)(F)F)c1. The number of ether oxygens (including phenoxy) is 2. The monoisotopic (exact) mass is 314 g/mol. The van der Waals surface area contributed by atoms with Crippen LogP contribution in [0.1, 0.15) is 5.56 Å². The van der Waals surface area contributed by atoms with Gasteiger partial charge in [-0.1, -0.05) is 24.3 Å². The summed E-state index contributed by atoms with van der Waals surface area (Å²) < 4.78 is 45.9. The quantitative estimate of drug-likeness (QED) is 0.732. The Morgan fingerprint density at radius 1 is 1.00 bits per heavy atom. The van der Waals surface area contributed by atoms with Crippen LogP contribution in [0.4, 0.5) is 13.2 Å². The lowest BCUT2D eigenvalue weighted by Crippen LogP contribution is -2.17. The maximum absolute atomic E-state index is 12.2. The molecule has 0 radical (unpaired) electrons. The number of alkyl halides is 3. The fraction of sp³-hybridized carbons (Fsp3) is 0.200. The third kappa shape index (κ3) is 4.90. The normalized spacial score (nSPS) is 11.2. The van der Waals surface area contributed by atoms with Crippen LogP contribution in [-0.2, 0) is 6.61 Å². The fourth-order valence-electron chi connectivity index (χ4n) is 1.74. The average molecular weight is 314 g/mol. The molecule has 0 saturated heterocycles. The third-order valence-corrected chi connectivity index (χ3v) is 3.46. The minimum atomic E-state index is -4.70. The van der Waals surface area contributed by atoms with E-state index in [1.165, 1.54) is 18.2 Å². The molecule has 0 aromatic heterocycles. The van der Waals surface area contributed by atoms with E-state index in [1.807, 2.05) is 30.5 Å². The smallest absolute Gasteiger partial charge is 0.489 e. The molecular formula is C15H13F3O2S. The highest BCUT2D eigenvalue weighted by molar-refractivity contribution is 7.98. The van der Waals surface area contributed by atoms with Gasteiger partial charge < -0.3 is 9.47 Å². The highest BCUT2D eigenvalue weighted by atomic mass is 32.2. The summed E-state index contributed by atoms with van der Waals surface area (Å²) in [7, 11) is 0. The van der Waals surface area contributed by atoms with Gasteiger partial charge in [-0.15, -0.1) is 24.9 Å². The number of thioether (sulfide) groups is 1. The van der Waals surface area contributed by atoms with Gasteiger partial charge in [0.2, 0.25) is 0 Å². The van der Waals surface area contributed by atoms with E-state index in [1.54, 1.807) is 17.8 Å². The van der Waals surface area contributed by atoms with Gasteiger partial charge in [0, 0.05) is 16.5 Å². The van der Waals surface area contributed by atoms with Crippen molar-refractivity contribution < 1.29 is 22.6 Å². The van der Waals surface area contributed by atoms with Gasteiger partial charge in [-0.3, -0.25) is 0 Å². The zero-order chi connectivity index (χ0) is 15.3.